The van der Waals surface area contributed by atoms with Gasteiger partial charge < -0.3 is 10.3 Å². The van der Waals surface area contributed by atoms with E-state index in [-0.39, 0.29) is 5.41 Å². The van der Waals surface area contributed by atoms with E-state index in [4.69, 9.17) is 0 Å². The summed E-state index contributed by atoms with van der Waals surface area (Å²) in [4.78, 5) is 8.00. The molecule has 1 unspecified atom stereocenters. The van der Waals surface area contributed by atoms with Crippen molar-refractivity contribution in [2.24, 2.45) is 5.92 Å². The van der Waals surface area contributed by atoms with Crippen LogP contribution in [0.1, 0.15) is 52.1 Å². The first kappa shape index (κ1) is 13.2. The molecule has 1 atom stereocenters. The minimum atomic E-state index is 0.145. The quantitative estimate of drug-likeness (QED) is 0.824. The van der Waals surface area contributed by atoms with Crippen LogP contribution in [0, 0.1) is 5.92 Å². The number of hydrogen-bond acceptors (Lipinski definition) is 2. The van der Waals surface area contributed by atoms with Gasteiger partial charge in [-0.25, -0.2) is 4.98 Å². The largest absolute Gasteiger partial charge is 0.345 e. The third kappa shape index (κ3) is 3.08. The number of likely N-dealkylation sites (N-methyl/N-ethyl adjacent to an activating group) is 1. The molecular formula is C13H25N3. The van der Waals surface area contributed by atoms with Crippen molar-refractivity contribution < 1.29 is 0 Å². The Kier molecular flexibility index (Phi) is 4.14. The number of nitrogens with zero attached hydrogens (tertiary/aromatic N) is 1. The Morgan fingerprint density at radius 2 is 2.00 bits per heavy atom. The molecule has 0 aliphatic carbocycles. The highest BCUT2D eigenvalue weighted by molar-refractivity contribution is 5.14. The molecule has 3 heteroatoms. The van der Waals surface area contributed by atoms with Crippen LogP contribution in [0.25, 0.3) is 0 Å². The van der Waals surface area contributed by atoms with Gasteiger partial charge in [0.2, 0.25) is 0 Å². The van der Waals surface area contributed by atoms with Crippen LogP contribution in [0.15, 0.2) is 6.20 Å². The topological polar surface area (TPSA) is 40.7 Å². The lowest BCUT2D eigenvalue weighted by Crippen LogP contribution is -2.22. The van der Waals surface area contributed by atoms with Gasteiger partial charge in [0, 0.05) is 29.8 Å². The van der Waals surface area contributed by atoms with Crippen molar-refractivity contribution in [1.29, 1.82) is 0 Å². The van der Waals surface area contributed by atoms with Crippen molar-refractivity contribution in [3.63, 3.8) is 0 Å². The summed E-state index contributed by atoms with van der Waals surface area (Å²) < 4.78 is 0. The molecule has 0 aliphatic heterocycles. The van der Waals surface area contributed by atoms with E-state index in [2.05, 4.69) is 49.9 Å². The zero-order valence-electron chi connectivity index (χ0n) is 11.4. The molecule has 1 aromatic heterocycles. The first-order valence-corrected chi connectivity index (χ1v) is 6.06. The maximum Gasteiger partial charge on any atom is 0.110 e. The molecule has 0 aliphatic rings. The fraction of sp³-hybridized carbons (Fsp3) is 0.769. The zero-order valence-corrected chi connectivity index (χ0v) is 11.4. The summed E-state index contributed by atoms with van der Waals surface area (Å²) in [5, 5.41) is 3.24. The Morgan fingerprint density at radius 1 is 1.38 bits per heavy atom. The van der Waals surface area contributed by atoms with Crippen LogP contribution in [0.2, 0.25) is 0 Å². The number of rotatable bonds is 4. The Bertz CT molecular complexity index is 320. The molecule has 0 saturated heterocycles. The van der Waals surface area contributed by atoms with Gasteiger partial charge in [0.15, 0.2) is 0 Å². The first-order chi connectivity index (χ1) is 7.36. The van der Waals surface area contributed by atoms with E-state index in [1.807, 2.05) is 13.2 Å². The highest BCUT2D eigenvalue weighted by Gasteiger charge is 2.22. The van der Waals surface area contributed by atoms with Gasteiger partial charge in [-0.05, 0) is 13.0 Å². The van der Waals surface area contributed by atoms with Gasteiger partial charge in [0.25, 0.3) is 0 Å². The second kappa shape index (κ2) is 5.00. The standard InChI is InChI=1S/C13H25N3/c1-9(2)10(7-14-6)12-15-8-11(16-12)13(3,4)5/h8-10,14H,7H2,1-6H3,(H,15,16). The summed E-state index contributed by atoms with van der Waals surface area (Å²) in [7, 11) is 1.99. The second-order valence-corrected chi connectivity index (χ2v) is 5.84. The molecule has 0 saturated carbocycles. The molecule has 1 heterocycles. The van der Waals surface area contributed by atoms with E-state index in [1.165, 1.54) is 5.69 Å². The van der Waals surface area contributed by atoms with E-state index in [0.29, 0.717) is 11.8 Å². The summed E-state index contributed by atoms with van der Waals surface area (Å²) in [6.45, 7) is 12.0. The highest BCUT2D eigenvalue weighted by atomic mass is 14.9. The van der Waals surface area contributed by atoms with Crippen molar-refractivity contribution in [2.75, 3.05) is 13.6 Å². The minimum Gasteiger partial charge on any atom is -0.345 e. The molecular weight excluding hydrogens is 198 g/mol. The van der Waals surface area contributed by atoms with E-state index in [9.17, 15) is 0 Å². The van der Waals surface area contributed by atoms with Crippen molar-refractivity contribution in [3.05, 3.63) is 17.7 Å². The Hall–Kier alpha value is -0.830. The zero-order chi connectivity index (χ0) is 12.3. The summed E-state index contributed by atoms with van der Waals surface area (Å²) in [6, 6.07) is 0. The summed E-state index contributed by atoms with van der Waals surface area (Å²) >= 11 is 0. The number of aromatic nitrogens is 2. The van der Waals surface area contributed by atoms with Gasteiger partial charge in [-0.2, -0.15) is 0 Å². The monoisotopic (exact) mass is 223 g/mol. The van der Waals surface area contributed by atoms with Crippen LogP contribution in [-0.4, -0.2) is 23.6 Å². The van der Waals surface area contributed by atoms with Gasteiger partial charge in [0.1, 0.15) is 5.82 Å². The maximum absolute atomic E-state index is 4.53. The average Bonchev–Trinajstić information content (AvgIpc) is 2.61. The predicted molar refractivity (Wildman–Crippen MR) is 68.8 cm³/mol. The fourth-order valence-corrected chi connectivity index (χ4v) is 1.77. The van der Waals surface area contributed by atoms with Crippen molar-refractivity contribution in [1.82, 2.24) is 15.3 Å². The van der Waals surface area contributed by atoms with Gasteiger partial charge in [-0.15, -0.1) is 0 Å². The van der Waals surface area contributed by atoms with Gasteiger partial charge >= 0.3 is 0 Å². The molecule has 16 heavy (non-hydrogen) atoms. The molecule has 0 amide bonds. The number of hydrogen-bond donors (Lipinski definition) is 2. The van der Waals surface area contributed by atoms with Crippen LogP contribution in [-0.2, 0) is 5.41 Å². The Balaban J connectivity index is 2.90. The van der Waals surface area contributed by atoms with Crippen LogP contribution in [0.3, 0.4) is 0 Å². The van der Waals surface area contributed by atoms with E-state index >= 15 is 0 Å². The lowest BCUT2D eigenvalue weighted by Gasteiger charge is -2.19. The number of aromatic amines is 1. The maximum atomic E-state index is 4.53. The van der Waals surface area contributed by atoms with Crippen LogP contribution < -0.4 is 5.32 Å². The molecule has 1 aromatic rings. The SMILES string of the molecule is CNCC(c1ncc(C(C)(C)C)[nH]1)C(C)C. The normalized spacial score (nSPS) is 14.4. The molecule has 0 bridgehead atoms. The highest BCUT2D eigenvalue weighted by Crippen LogP contribution is 2.25. The van der Waals surface area contributed by atoms with E-state index in [1.54, 1.807) is 0 Å². The lowest BCUT2D eigenvalue weighted by molar-refractivity contribution is 0.458. The second-order valence-electron chi connectivity index (χ2n) is 5.84. The number of H-pyrrole nitrogens is 1. The number of nitrogens with one attached hydrogen (secondary N) is 2. The molecule has 1 rings (SSSR count). The molecule has 3 nitrogen and oxygen atoms in total. The van der Waals surface area contributed by atoms with Crippen LogP contribution in [0.5, 0.6) is 0 Å². The third-order valence-electron chi connectivity index (χ3n) is 2.98. The molecule has 0 aromatic carbocycles. The molecule has 0 radical (unpaired) electrons. The van der Waals surface area contributed by atoms with Gasteiger partial charge in [-0.1, -0.05) is 34.6 Å². The fourth-order valence-electron chi connectivity index (χ4n) is 1.77. The van der Waals surface area contributed by atoms with Crippen LogP contribution >= 0.6 is 0 Å². The van der Waals surface area contributed by atoms with E-state index < -0.39 is 0 Å². The van der Waals surface area contributed by atoms with E-state index in [0.717, 1.165) is 12.4 Å². The average molecular weight is 223 g/mol. The van der Waals surface area contributed by atoms with Gasteiger partial charge in [0.05, 0.1) is 0 Å². The smallest absolute Gasteiger partial charge is 0.110 e. The van der Waals surface area contributed by atoms with Crippen molar-refractivity contribution in [3.8, 4) is 0 Å². The van der Waals surface area contributed by atoms with Crippen molar-refractivity contribution >= 4 is 0 Å². The van der Waals surface area contributed by atoms with Crippen LogP contribution in [0.4, 0.5) is 0 Å². The predicted octanol–water partition coefficient (Wildman–Crippen LogP) is 2.67. The Morgan fingerprint density at radius 3 is 2.38 bits per heavy atom. The van der Waals surface area contributed by atoms with Crippen molar-refractivity contribution in [2.45, 2.75) is 46.0 Å². The van der Waals surface area contributed by atoms with Gasteiger partial charge in [-0.3, -0.25) is 0 Å². The molecule has 2 N–H and O–H groups in total. The summed E-state index contributed by atoms with van der Waals surface area (Å²) in [6.07, 6.45) is 1.97. The molecule has 0 spiro atoms. The lowest BCUT2D eigenvalue weighted by atomic mass is 9.92. The Labute approximate surface area is 99.1 Å². The summed E-state index contributed by atoms with van der Waals surface area (Å²) in [5.74, 6) is 2.15. The summed E-state index contributed by atoms with van der Waals surface area (Å²) in [5.41, 5.74) is 1.36. The molecule has 0 fully saturated rings. The third-order valence-corrected chi connectivity index (χ3v) is 2.98. The minimum absolute atomic E-state index is 0.145. The first-order valence-electron chi connectivity index (χ1n) is 6.06. The molecule has 92 valence electrons. The number of imidazole rings is 1.